The van der Waals surface area contributed by atoms with Crippen LogP contribution in [0.2, 0.25) is 0 Å². The van der Waals surface area contributed by atoms with Gasteiger partial charge in [-0.3, -0.25) is 28.9 Å². The molecule has 0 spiro atoms. The molecule has 3 aliphatic rings. The van der Waals surface area contributed by atoms with Gasteiger partial charge in [0.05, 0.1) is 35.6 Å². The van der Waals surface area contributed by atoms with Crippen molar-refractivity contribution in [2.45, 2.75) is 83.3 Å². The normalized spacial score (nSPS) is 15.1. The van der Waals surface area contributed by atoms with E-state index in [9.17, 15) is 28.8 Å². The Kier molecular flexibility index (Phi) is 16.3. The van der Waals surface area contributed by atoms with E-state index >= 15 is 4.39 Å². The van der Waals surface area contributed by atoms with Crippen molar-refractivity contribution in [2.24, 2.45) is 5.92 Å². The lowest BCUT2D eigenvalue weighted by molar-refractivity contribution is -0.134. The molecule has 2 fully saturated rings. The first-order valence-corrected chi connectivity index (χ1v) is 25.6. The van der Waals surface area contributed by atoms with E-state index in [0.717, 1.165) is 65.7 Å². The Balaban J connectivity index is 0.825. The molecule has 1 N–H and O–H groups in total. The number of hydrogen-bond donors (Lipinski definition) is 1. The third-order valence-corrected chi connectivity index (χ3v) is 14.3. The van der Waals surface area contributed by atoms with Crippen molar-refractivity contribution in [1.29, 1.82) is 0 Å². The van der Waals surface area contributed by atoms with Crippen LogP contribution >= 0.6 is 0 Å². The zero-order valence-corrected chi connectivity index (χ0v) is 42.0. The number of aryl methyl sites for hydroxylation is 1. The number of methoxy groups -OCH3 is 1. The van der Waals surface area contributed by atoms with Gasteiger partial charge in [-0.1, -0.05) is 84.4 Å². The Morgan fingerprint density at radius 2 is 1.51 bits per heavy atom. The van der Waals surface area contributed by atoms with Crippen LogP contribution in [0, 0.1) is 11.7 Å². The van der Waals surface area contributed by atoms with Crippen LogP contribution in [0.4, 0.5) is 9.18 Å². The molecule has 18 heteroatoms. The molecule has 4 amide bonds. The maximum absolute atomic E-state index is 15.3. The predicted molar refractivity (Wildman–Crippen MR) is 274 cm³/mol. The molecule has 17 nitrogen and oxygen atoms in total. The van der Waals surface area contributed by atoms with Crippen LogP contribution in [0.25, 0.3) is 33.3 Å². The van der Waals surface area contributed by atoms with Gasteiger partial charge in [0.25, 0.3) is 11.5 Å². The van der Waals surface area contributed by atoms with Gasteiger partial charge in [0, 0.05) is 101 Å². The topological polar surface area (TPSA) is 191 Å². The average Bonchev–Trinajstić information content (AvgIpc) is 4.20. The van der Waals surface area contributed by atoms with Crippen LogP contribution in [-0.4, -0.2) is 129 Å². The Labute approximate surface area is 428 Å². The van der Waals surface area contributed by atoms with Crippen LogP contribution in [0.5, 0.6) is 0 Å². The van der Waals surface area contributed by atoms with Gasteiger partial charge in [-0.25, -0.2) is 18.5 Å². The summed E-state index contributed by atoms with van der Waals surface area (Å²) in [5.74, 6) is -1.50. The summed E-state index contributed by atoms with van der Waals surface area (Å²) in [6, 6.07) is 27.3. The second-order valence-corrected chi connectivity index (χ2v) is 19.3. The van der Waals surface area contributed by atoms with Gasteiger partial charge in [0.15, 0.2) is 0 Å². The van der Waals surface area contributed by atoms with E-state index in [1.54, 1.807) is 47.2 Å². The van der Waals surface area contributed by atoms with Crippen LogP contribution in [0.1, 0.15) is 90.0 Å². The van der Waals surface area contributed by atoms with E-state index in [1.165, 1.54) is 28.8 Å². The number of ketones is 1. The molecule has 3 heterocycles. The molecular weight excluding hydrogens is 946 g/mol. The van der Waals surface area contributed by atoms with Crippen molar-refractivity contribution >= 4 is 40.4 Å². The SMILES string of the molecule is CNC(=O)CCC(=O)C1Cc2ccccc2-c2nnn(CCCCCCOC(=O)N(CCOC)Cn3nc(Cc4ccc(F)c(C(=O)N5CCN(C(=O)C6CC6)CC5)c4)c4ccccc4c3=O)c2-c2ccccc21. The summed E-state index contributed by atoms with van der Waals surface area (Å²) in [5.41, 5.74) is 5.91. The van der Waals surface area contributed by atoms with Gasteiger partial charge in [-0.15, -0.1) is 5.10 Å². The molecular formula is C56H62FN9O8. The predicted octanol–water partition coefficient (Wildman–Crippen LogP) is 6.78. The van der Waals surface area contributed by atoms with E-state index in [0.29, 0.717) is 67.6 Å². The van der Waals surface area contributed by atoms with Gasteiger partial charge >= 0.3 is 6.09 Å². The number of carbonyl (C=O) groups excluding carboxylic acids is 5. The zero-order chi connectivity index (χ0) is 51.7. The highest BCUT2D eigenvalue weighted by atomic mass is 19.1. The Hall–Kier alpha value is -7.60. The Morgan fingerprint density at radius 3 is 2.28 bits per heavy atom. The second-order valence-electron chi connectivity index (χ2n) is 19.3. The highest BCUT2D eigenvalue weighted by molar-refractivity contribution is 5.95. The van der Waals surface area contributed by atoms with E-state index in [2.05, 4.69) is 15.6 Å². The Bertz CT molecular complexity index is 3110. The van der Waals surface area contributed by atoms with Crippen molar-refractivity contribution in [3.63, 3.8) is 0 Å². The largest absolute Gasteiger partial charge is 0.449 e. The number of ether oxygens (including phenoxy) is 2. The average molecular weight is 1010 g/mol. The number of unbranched alkanes of at least 4 members (excludes halogenated alkanes) is 3. The van der Waals surface area contributed by atoms with Gasteiger partial charge in [0.1, 0.15) is 24.0 Å². The van der Waals surface area contributed by atoms with E-state index in [-0.39, 0.29) is 74.8 Å². The number of fused-ring (bicyclic) bond motifs is 6. The quantitative estimate of drug-likeness (QED) is 0.0793. The van der Waals surface area contributed by atoms with Gasteiger partial charge in [-0.2, -0.15) is 5.10 Å². The monoisotopic (exact) mass is 1010 g/mol. The lowest BCUT2D eigenvalue weighted by Gasteiger charge is -2.35. The van der Waals surface area contributed by atoms with Crippen LogP contribution in [0.3, 0.4) is 0 Å². The van der Waals surface area contributed by atoms with Crippen molar-refractivity contribution in [1.82, 2.24) is 44.8 Å². The van der Waals surface area contributed by atoms with Crippen molar-refractivity contribution in [3.8, 4) is 22.5 Å². The highest BCUT2D eigenvalue weighted by Gasteiger charge is 2.36. The fraction of sp³-hybridized carbons (Fsp3) is 0.411. The van der Waals surface area contributed by atoms with Gasteiger partial charge < -0.3 is 24.6 Å². The maximum atomic E-state index is 15.3. The first kappa shape index (κ1) is 51.3. The number of halogens is 1. The third kappa shape index (κ3) is 11.6. The number of nitrogens with zero attached hydrogens (tertiary/aromatic N) is 8. The third-order valence-electron chi connectivity index (χ3n) is 14.3. The molecule has 74 heavy (non-hydrogen) atoms. The minimum atomic E-state index is -0.651. The highest BCUT2D eigenvalue weighted by Crippen LogP contribution is 2.42. The summed E-state index contributed by atoms with van der Waals surface area (Å²) in [7, 11) is 3.09. The van der Waals surface area contributed by atoms with Crippen LogP contribution in [-0.2, 0) is 49.9 Å². The summed E-state index contributed by atoms with van der Waals surface area (Å²) >= 11 is 0. The lowest BCUT2D eigenvalue weighted by Crippen LogP contribution is -2.51. The van der Waals surface area contributed by atoms with Crippen molar-refractivity contribution in [2.75, 3.05) is 60.1 Å². The molecule has 9 rings (SSSR count). The standard InChI is InChI=1S/C56H62FN9O8/c1-58-50(68)24-23-49(67)45-35-39-13-5-6-14-40(39)51-52(43-17-9-7-15-41(43)45)65(61-59-51)25-11-3-4-12-31-74-56(72)64(30-32-73-2)36-66-55(71)44-18-10-8-16-42(44)48(60-66)34-37-19-22-47(57)46(33-37)54(70)63-28-26-62(27-29-63)53(69)38-20-21-38/h5-10,13-19,22,33,38,45H,3-4,11-12,20-21,23-32,34-36H2,1-2H3,(H,58,68). The molecule has 1 saturated heterocycles. The number of Topliss-reactive ketones (excluding diaryl/α,β-unsaturated/α-hetero) is 1. The molecule has 1 aliphatic heterocycles. The number of piperazine rings is 1. The minimum absolute atomic E-state index is 0.00333. The fourth-order valence-electron chi connectivity index (χ4n) is 10.0. The summed E-state index contributed by atoms with van der Waals surface area (Å²) in [6.45, 7) is 2.25. The summed E-state index contributed by atoms with van der Waals surface area (Å²) < 4.78 is 29.5. The molecule has 386 valence electrons. The first-order chi connectivity index (χ1) is 36.0. The molecule has 0 bridgehead atoms. The van der Waals surface area contributed by atoms with Gasteiger partial charge in [0.2, 0.25) is 11.8 Å². The number of nitrogens with one attached hydrogen (secondary N) is 1. The number of aromatic nitrogens is 5. The molecule has 0 radical (unpaired) electrons. The summed E-state index contributed by atoms with van der Waals surface area (Å²) in [6.07, 6.45) is 5.00. The number of carbonyl (C=O) groups is 5. The number of benzene rings is 4. The first-order valence-electron chi connectivity index (χ1n) is 25.6. The molecule has 4 aromatic carbocycles. The number of hydrogen-bond acceptors (Lipinski definition) is 11. The smallest absolute Gasteiger partial charge is 0.411 e. The molecule has 2 aliphatic carbocycles. The molecule has 6 aromatic rings. The summed E-state index contributed by atoms with van der Waals surface area (Å²) in [5, 5.41) is 17.6. The van der Waals surface area contributed by atoms with Crippen LogP contribution in [0.15, 0.2) is 95.8 Å². The van der Waals surface area contributed by atoms with Gasteiger partial charge in [-0.05, 0) is 73.4 Å². The summed E-state index contributed by atoms with van der Waals surface area (Å²) in [4.78, 5) is 84.5. The van der Waals surface area contributed by atoms with Crippen molar-refractivity contribution < 1.29 is 37.8 Å². The maximum Gasteiger partial charge on any atom is 0.411 e. The molecule has 1 saturated carbocycles. The molecule has 1 unspecified atom stereocenters. The van der Waals surface area contributed by atoms with Crippen LogP contribution < -0.4 is 10.9 Å². The number of amides is 4. The van der Waals surface area contributed by atoms with E-state index in [4.69, 9.17) is 14.6 Å². The van der Waals surface area contributed by atoms with E-state index < -0.39 is 29.3 Å². The molecule has 2 aromatic heterocycles. The van der Waals surface area contributed by atoms with Crippen molar-refractivity contribution in [3.05, 3.63) is 135 Å². The fourth-order valence-corrected chi connectivity index (χ4v) is 10.0. The van der Waals surface area contributed by atoms with E-state index in [1.807, 2.05) is 53.2 Å². The second kappa shape index (κ2) is 23.5. The molecule has 1 atom stereocenters. The zero-order valence-electron chi connectivity index (χ0n) is 42.0. The Morgan fingerprint density at radius 1 is 0.797 bits per heavy atom. The number of rotatable bonds is 20. The minimum Gasteiger partial charge on any atom is -0.449 e. The lowest BCUT2D eigenvalue weighted by atomic mass is 9.79.